The van der Waals surface area contributed by atoms with Crippen molar-refractivity contribution >= 4 is 0 Å². The van der Waals surface area contributed by atoms with Crippen LogP contribution < -0.4 is 0 Å². The molecule has 0 aromatic rings. The fraction of sp³-hybridized carbons (Fsp3) is 1.00. The summed E-state index contributed by atoms with van der Waals surface area (Å²) in [4.78, 5) is 2.61. The third-order valence-electron chi connectivity index (χ3n) is 3.54. The van der Waals surface area contributed by atoms with Gasteiger partial charge in [0.15, 0.2) is 0 Å². The van der Waals surface area contributed by atoms with Crippen molar-refractivity contribution in [2.45, 2.75) is 46.5 Å². The summed E-state index contributed by atoms with van der Waals surface area (Å²) in [5, 5.41) is 0. The zero-order chi connectivity index (χ0) is 9.68. The molecule has 1 heterocycles. The molecule has 1 fully saturated rings. The lowest BCUT2D eigenvalue weighted by molar-refractivity contribution is 0.141. The van der Waals surface area contributed by atoms with E-state index in [2.05, 4.69) is 25.7 Å². The number of nitrogens with zero attached hydrogens (tertiary/aromatic N) is 1. The molecule has 0 aliphatic carbocycles. The number of likely N-dealkylation sites (tertiary alicyclic amines) is 1. The second kappa shape index (κ2) is 5.64. The lowest BCUT2D eigenvalue weighted by Gasteiger charge is -2.35. The smallest absolute Gasteiger partial charge is 0.00121 e. The van der Waals surface area contributed by atoms with Gasteiger partial charge in [-0.1, -0.05) is 33.6 Å². The first kappa shape index (κ1) is 11.0. The van der Waals surface area contributed by atoms with Crippen LogP contribution in [0.1, 0.15) is 46.5 Å². The van der Waals surface area contributed by atoms with Gasteiger partial charge in [0, 0.05) is 6.54 Å². The van der Waals surface area contributed by atoms with E-state index in [1.165, 1.54) is 45.3 Å². The van der Waals surface area contributed by atoms with Crippen LogP contribution in [-0.2, 0) is 0 Å². The highest BCUT2D eigenvalue weighted by molar-refractivity contribution is 4.75. The number of hydrogen-bond donors (Lipinski definition) is 0. The molecule has 78 valence electrons. The monoisotopic (exact) mass is 183 g/mol. The van der Waals surface area contributed by atoms with Crippen molar-refractivity contribution in [3.8, 4) is 0 Å². The summed E-state index contributed by atoms with van der Waals surface area (Å²) < 4.78 is 0. The van der Waals surface area contributed by atoms with Gasteiger partial charge in [0.1, 0.15) is 0 Å². The minimum atomic E-state index is 0.944. The van der Waals surface area contributed by atoms with Crippen molar-refractivity contribution in [1.82, 2.24) is 4.90 Å². The van der Waals surface area contributed by atoms with Crippen LogP contribution in [0.15, 0.2) is 0 Å². The van der Waals surface area contributed by atoms with Crippen LogP contribution >= 0.6 is 0 Å². The highest BCUT2D eigenvalue weighted by atomic mass is 15.1. The van der Waals surface area contributed by atoms with E-state index in [0.717, 1.165) is 11.8 Å². The van der Waals surface area contributed by atoms with E-state index >= 15 is 0 Å². The second-order valence-corrected chi connectivity index (χ2v) is 4.56. The maximum absolute atomic E-state index is 2.61. The van der Waals surface area contributed by atoms with Crippen molar-refractivity contribution < 1.29 is 0 Å². The Morgan fingerprint density at radius 3 is 2.77 bits per heavy atom. The van der Waals surface area contributed by atoms with Gasteiger partial charge in [-0.25, -0.2) is 0 Å². The summed E-state index contributed by atoms with van der Waals surface area (Å²) >= 11 is 0. The molecule has 2 atom stereocenters. The lowest BCUT2D eigenvalue weighted by atomic mass is 9.84. The second-order valence-electron chi connectivity index (χ2n) is 4.56. The van der Waals surface area contributed by atoms with E-state index < -0.39 is 0 Å². The molecule has 13 heavy (non-hydrogen) atoms. The summed E-state index contributed by atoms with van der Waals surface area (Å²) in [6.07, 6.45) is 5.66. The Bertz CT molecular complexity index is 133. The maximum Gasteiger partial charge on any atom is 0.00121 e. The molecule has 0 radical (unpaired) electrons. The van der Waals surface area contributed by atoms with Gasteiger partial charge < -0.3 is 4.90 Å². The van der Waals surface area contributed by atoms with Crippen LogP contribution in [0.2, 0.25) is 0 Å². The van der Waals surface area contributed by atoms with Crippen molar-refractivity contribution in [2.75, 3.05) is 19.6 Å². The topological polar surface area (TPSA) is 3.24 Å². The minimum absolute atomic E-state index is 0.944. The van der Waals surface area contributed by atoms with Crippen LogP contribution in [-0.4, -0.2) is 24.5 Å². The predicted molar refractivity (Wildman–Crippen MR) is 58.9 cm³/mol. The number of piperidine rings is 1. The van der Waals surface area contributed by atoms with E-state index in [1.807, 2.05) is 0 Å². The van der Waals surface area contributed by atoms with Crippen molar-refractivity contribution in [2.24, 2.45) is 11.8 Å². The molecule has 1 rings (SSSR count). The summed E-state index contributed by atoms with van der Waals surface area (Å²) in [6, 6.07) is 0. The van der Waals surface area contributed by atoms with Crippen LogP contribution in [0.5, 0.6) is 0 Å². The SMILES string of the molecule is CCCC(C)[C@H]1CCCN(CC)C1. The Hall–Kier alpha value is -0.0400. The van der Waals surface area contributed by atoms with Gasteiger partial charge in [0.25, 0.3) is 0 Å². The summed E-state index contributed by atoms with van der Waals surface area (Å²) in [6.45, 7) is 11.0. The highest BCUT2D eigenvalue weighted by Crippen LogP contribution is 2.26. The van der Waals surface area contributed by atoms with E-state index in [4.69, 9.17) is 0 Å². The van der Waals surface area contributed by atoms with Crippen molar-refractivity contribution in [1.29, 1.82) is 0 Å². The Kier molecular flexibility index (Phi) is 4.79. The third kappa shape index (κ3) is 3.30. The molecule has 0 aromatic carbocycles. The summed E-state index contributed by atoms with van der Waals surface area (Å²) in [5.74, 6) is 1.92. The molecule has 0 N–H and O–H groups in total. The molecule has 1 saturated heterocycles. The highest BCUT2D eigenvalue weighted by Gasteiger charge is 2.22. The first-order valence-corrected chi connectivity index (χ1v) is 6.00. The molecule has 1 unspecified atom stereocenters. The van der Waals surface area contributed by atoms with E-state index in [9.17, 15) is 0 Å². The molecule has 0 bridgehead atoms. The standard InChI is InChI=1S/C12H25N/c1-4-7-11(3)12-8-6-9-13(5-2)10-12/h11-12H,4-10H2,1-3H3/t11?,12-/m0/s1. The predicted octanol–water partition coefficient (Wildman–Crippen LogP) is 3.15. The number of hydrogen-bond acceptors (Lipinski definition) is 1. The largest absolute Gasteiger partial charge is 0.303 e. The van der Waals surface area contributed by atoms with Gasteiger partial charge in [-0.15, -0.1) is 0 Å². The quantitative estimate of drug-likeness (QED) is 0.647. The molecule has 1 aliphatic rings. The van der Waals surface area contributed by atoms with Gasteiger partial charge >= 0.3 is 0 Å². The normalized spacial score (nSPS) is 27.5. The first-order valence-electron chi connectivity index (χ1n) is 6.00. The van der Waals surface area contributed by atoms with Crippen LogP contribution in [0.25, 0.3) is 0 Å². The average molecular weight is 183 g/mol. The summed E-state index contributed by atoms with van der Waals surface area (Å²) in [7, 11) is 0. The third-order valence-corrected chi connectivity index (χ3v) is 3.54. The Morgan fingerprint density at radius 2 is 2.15 bits per heavy atom. The fourth-order valence-electron chi connectivity index (χ4n) is 2.53. The molecule has 1 heteroatoms. The van der Waals surface area contributed by atoms with Gasteiger partial charge in [-0.2, -0.15) is 0 Å². The molecule has 1 nitrogen and oxygen atoms in total. The maximum atomic E-state index is 2.61. The van der Waals surface area contributed by atoms with E-state index in [1.54, 1.807) is 0 Å². The van der Waals surface area contributed by atoms with Crippen LogP contribution in [0.4, 0.5) is 0 Å². The Labute approximate surface area is 83.5 Å². The first-order chi connectivity index (χ1) is 6.27. The summed E-state index contributed by atoms with van der Waals surface area (Å²) in [5.41, 5.74) is 0. The van der Waals surface area contributed by atoms with Gasteiger partial charge in [-0.05, 0) is 37.8 Å². The molecule has 1 aliphatic heterocycles. The fourth-order valence-corrected chi connectivity index (χ4v) is 2.53. The molecular weight excluding hydrogens is 158 g/mol. The lowest BCUT2D eigenvalue weighted by Crippen LogP contribution is -2.37. The molecule has 0 amide bonds. The average Bonchev–Trinajstić information content (AvgIpc) is 2.18. The number of rotatable bonds is 4. The molecule has 0 aromatic heterocycles. The molecule has 0 saturated carbocycles. The van der Waals surface area contributed by atoms with Crippen LogP contribution in [0.3, 0.4) is 0 Å². The minimum Gasteiger partial charge on any atom is -0.303 e. The van der Waals surface area contributed by atoms with Gasteiger partial charge in [0.05, 0.1) is 0 Å². The van der Waals surface area contributed by atoms with Gasteiger partial charge in [-0.3, -0.25) is 0 Å². The Balaban J connectivity index is 2.32. The molecule has 0 spiro atoms. The van der Waals surface area contributed by atoms with Crippen molar-refractivity contribution in [3.63, 3.8) is 0 Å². The zero-order valence-corrected chi connectivity index (χ0v) is 9.55. The molecular formula is C12H25N. The van der Waals surface area contributed by atoms with E-state index in [-0.39, 0.29) is 0 Å². The van der Waals surface area contributed by atoms with Gasteiger partial charge in [0.2, 0.25) is 0 Å². The van der Waals surface area contributed by atoms with Crippen LogP contribution in [0, 0.1) is 11.8 Å². The zero-order valence-electron chi connectivity index (χ0n) is 9.55. The van der Waals surface area contributed by atoms with Crippen molar-refractivity contribution in [3.05, 3.63) is 0 Å². The van der Waals surface area contributed by atoms with E-state index in [0.29, 0.717) is 0 Å². The Morgan fingerprint density at radius 1 is 1.38 bits per heavy atom.